The lowest BCUT2D eigenvalue weighted by molar-refractivity contribution is 0.0977. The molecule has 0 bridgehead atoms. The lowest BCUT2D eigenvalue weighted by atomic mass is 10.1. The van der Waals surface area contributed by atoms with Crippen LogP contribution in [0.1, 0.15) is 16.1 Å². The molecule has 0 saturated carbocycles. The number of benzene rings is 2. The highest BCUT2D eigenvalue weighted by Gasteiger charge is 2.13. The van der Waals surface area contributed by atoms with E-state index in [2.05, 4.69) is 10.6 Å². The van der Waals surface area contributed by atoms with Gasteiger partial charge in [0.25, 0.3) is 5.91 Å². The summed E-state index contributed by atoms with van der Waals surface area (Å²) < 4.78 is 23.8. The number of methoxy groups -OCH3 is 1. The molecule has 0 saturated heterocycles. The molecule has 0 unspecified atom stereocenters. The Morgan fingerprint density at radius 1 is 1.18 bits per heavy atom. The zero-order valence-electron chi connectivity index (χ0n) is 14.9. The number of nitrogens with one attached hydrogen (secondary N) is 2. The number of carbonyl (C=O) groups excluding carboxylic acids is 1. The Morgan fingerprint density at radius 3 is 2.57 bits per heavy atom. The largest absolute Gasteiger partial charge is 0.495 e. The fourth-order valence-electron chi connectivity index (χ4n) is 2.51. The Bertz CT molecular complexity index is 1000. The number of hydrogen-bond acceptors (Lipinski definition) is 5. The van der Waals surface area contributed by atoms with Gasteiger partial charge in [-0.2, -0.15) is 0 Å². The summed E-state index contributed by atoms with van der Waals surface area (Å²) in [5.41, 5.74) is 1.53. The molecule has 8 heteroatoms. The van der Waals surface area contributed by atoms with Crippen molar-refractivity contribution in [1.29, 1.82) is 0 Å². The third-order valence-electron chi connectivity index (χ3n) is 3.88. The molecule has 1 aromatic heterocycles. The number of halogens is 1. The van der Waals surface area contributed by atoms with E-state index in [9.17, 15) is 9.18 Å². The van der Waals surface area contributed by atoms with Crippen LogP contribution in [-0.4, -0.2) is 23.2 Å². The second-order valence-corrected chi connectivity index (χ2v) is 6.16. The number of carbonyl (C=O) groups is 1. The van der Waals surface area contributed by atoms with E-state index in [1.807, 2.05) is 0 Å². The maximum atomic E-state index is 13.0. The Labute approximate surface area is 165 Å². The second-order valence-electron chi connectivity index (χ2n) is 5.75. The van der Waals surface area contributed by atoms with Crippen LogP contribution in [0.25, 0.3) is 11.3 Å². The van der Waals surface area contributed by atoms with Gasteiger partial charge in [-0.25, -0.2) is 4.39 Å². The number of thiocarbonyl (C=S) groups is 1. The van der Waals surface area contributed by atoms with Crippen LogP contribution in [-0.2, 0) is 6.61 Å². The van der Waals surface area contributed by atoms with Crippen molar-refractivity contribution in [2.45, 2.75) is 6.61 Å². The number of aliphatic hydroxyl groups excluding tert-OH is 1. The van der Waals surface area contributed by atoms with Crippen molar-refractivity contribution < 1.29 is 23.4 Å². The third kappa shape index (κ3) is 4.54. The van der Waals surface area contributed by atoms with Crippen molar-refractivity contribution >= 4 is 28.9 Å². The molecule has 3 N–H and O–H groups in total. The van der Waals surface area contributed by atoms with Crippen LogP contribution < -0.4 is 15.4 Å². The molecule has 6 nitrogen and oxygen atoms in total. The maximum Gasteiger partial charge on any atom is 0.257 e. The summed E-state index contributed by atoms with van der Waals surface area (Å²) in [7, 11) is 1.51. The molecule has 0 aliphatic rings. The molecule has 0 spiro atoms. The van der Waals surface area contributed by atoms with E-state index in [0.29, 0.717) is 23.0 Å². The Balaban J connectivity index is 1.76. The average molecular weight is 400 g/mol. The monoisotopic (exact) mass is 400 g/mol. The third-order valence-corrected chi connectivity index (χ3v) is 4.09. The lowest BCUT2D eigenvalue weighted by Gasteiger charge is -2.14. The van der Waals surface area contributed by atoms with Crippen molar-refractivity contribution in [3.05, 3.63) is 71.7 Å². The van der Waals surface area contributed by atoms with Crippen LogP contribution in [0.15, 0.2) is 59.0 Å². The van der Waals surface area contributed by atoms with Crippen LogP contribution >= 0.6 is 12.2 Å². The normalized spacial score (nSPS) is 10.4. The highest BCUT2D eigenvalue weighted by molar-refractivity contribution is 7.80. The molecular weight excluding hydrogens is 383 g/mol. The van der Waals surface area contributed by atoms with E-state index in [4.69, 9.17) is 26.5 Å². The van der Waals surface area contributed by atoms with Crippen molar-refractivity contribution in [1.82, 2.24) is 5.32 Å². The van der Waals surface area contributed by atoms with Gasteiger partial charge in [0, 0.05) is 11.1 Å². The smallest absolute Gasteiger partial charge is 0.257 e. The van der Waals surface area contributed by atoms with Gasteiger partial charge in [0.15, 0.2) is 5.11 Å². The van der Waals surface area contributed by atoms with Crippen molar-refractivity contribution in [2.75, 3.05) is 12.4 Å². The van der Waals surface area contributed by atoms with E-state index in [1.54, 1.807) is 30.3 Å². The lowest BCUT2D eigenvalue weighted by Crippen LogP contribution is -2.34. The molecule has 0 aliphatic carbocycles. The SMILES string of the molecule is COc1ccc(-c2ccc(CO)o2)cc1NC(=S)NC(=O)c1ccc(F)cc1. The highest BCUT2D eigenvalue weighted by atomic mass is 32.1. The van der Waals surface area contributed by atoms with Crippen molar-refractivity contribution in [3.63, 3.8) is 0 Å². The summed E-state index contributed by atoms with van der Waals surface area (Å²) >= 11 is 5.20. The minimum atomic E-state index is -0.466. The topological polar surface area (TPSA) is 83.7 Å². The van der Waals surface area contributed by atoms with E-state index in [-0.39, 0.29) is 17.3 Å². The predicted molar refractivity (Wildman–Crippen MR) is 107 cm³/mol. The summed E-state index contributed by atoms with van der Waals surface area (Å²) in [6.07, 6.45) is 0. The first kappa shape index (κ1) is 19.5. The minimum Gasteiger partial charge on any atom is -0.495 e. The molecule has 0 atom stereocenters. The first-order valence-corrected chi connectivity index (χ1v) is 8.67. The standard InChI is InChI=1S/C20H17FN2O4S/c1-26-18-8-4-13(17-9-7-15(11-24)27-17)10-16(18)22-20(28)23-19(25)12-2-5-14(21)6-3-12/h2-10,24H,11H2,1H3,(H2,22,23,25,28). The van der Waals surface area contributed by atoms with Gasteiger partial charge in [-0.15, -0.1) is 0 Å². The fourth-order valence-corrected chi connectivity index (χ4v) is 2.71. The number of ether oxygens (including phenoxy) is 1. The zero-order chi connectivity index (χ0) is 20.1. The number of aliphatic hydroxyl groups is 1. The fraction of sp³-hybridized carbons (Fsp3) is 0.100. The molecule has 1 heterocycles. The van der Waals surface area contributed by atoms with Crippen LogP contribution in [0.3, 0.4) is 0 Å². The second kappa shape index (κ2) is 8.64. The van der Waals surface area contributed by atoms with Crippen molar-refractivity contribution in [2.24, 2.45) is 0 Å². The van der Waals surface area contributed by atoms with E-state index in [1.165, 1.54) is 31.4 Å². The van der Waals surface area contributed by atoms with Crippen LogP contribution in [0.5, 0.6) is 5.75 Å². The van der Waals surface area contributed by atoms with E-state index in [0.717, 1.165) is 5.56 Å². The highest BCUT2D eigenvalue weighted by Crippen LogP contribution is 2.31. The number of hydrogen-bond donors (Lipinski definition) is 3. The van der Waals surface area contributed by atoms with Gasteiger partial charge in [-0.1, -0.05) is 0 Å². The molecule has 0 fully saturated rings. The molecular formula is C20H17FN2O4S. The molecule has 28 heavy (non-hydrogen) atoms. The van der Waals surface area contributed by atoms with Gasteiger partial charge in [-0.3, -0.25) is 10.1 Å². The van der Waals surface area contributed by atoms with Gasteiger partial charge in [-0.05, 0) is 66.8 Å². The summed E-state index contributed by atoms with van der Waals surface area (Å²) in [5, 5.41) is 14.6. The Hall–Kier alpha value is -3.23. The number of rotatable bonds is 5. The molecule has 1 amide bonds. The molecule has 0 radical (unpaired) electrons. The minimum absolute atomic E-state index is 0.0558. The summed E-state index contributed by atoms with van der Waals surface area (Å²) in [6.45, 7) is -0.194. The van der Waals surface area contributed by atoms with Gasteiger partial charge in [0.1, 0.15) is 29.7 Å². The van der Waals surface area contributed by atoms with Crippen LogP contribution in [0, 0.1) is 5.82 Å². The summed E-state index contributed by atoms with van der Waals surface area (Å²) in [6, 6.07) is 13.8. The first-order valence-electron chi connectivity index (χ1n) is 8.26. The summed E-state index contributed by atoms with van der Waals surface area (Å²) in [5.74, 6) is 0.627. The van der Waals surface area contributed by atoms with Gasteiger partial charge < -0.3 is 19.6 Å². The van der Waals surface area contributed by atoms with Gasteiger partial charge >= 0.3 is 0 Å². The van der Waals surface area contributed by atoms with Crippen molar-refractivity contribution in [3.8, 4) is 17.1 Å². The van der Waals surface area contributed by atoms with Crippen LogP contribution in [0.2, 0.25) is 0 Å². The Kier molecular flexibility index (Phi) is 6.03. The number of furan rings is 1. The van der Waals surface area contributed by atoms with Crippen LogP contribution in [0.4, 0.5) is 10.1 Å². The summed E-state index contributed by atoms with van der Waals surface area (Å²) in [4.78, 5) is 12.2. The molecule has 0 aliphatic heterocycles. The van der Waals surface area contributed by atoms with E-state index >= 15 is 0 Å². The first-order chi connectivity index (χ1) is 13.5. The Morgan fingerprint density at radius 2 is 1.93 bits per heavy atom. The molecule has 3 rings (SSSR count). The van der Waals surface area contributed by atoms with Gasteiger partial charge in [0.05, 0.1) is 12.8 Å². The van der Waals surface area contributed by atoms with E-state index < -0.39 is 11.7 Å². The molecule has 144 valence electrons. The molecule has 2 aromatic carbocycles. The maximum absolute atomic E-state index is 13.0. The quantitative estimate of drug-likeness (QED) is 0.567. The molecule has 3 aromatic rings. The predicted octanol–water partition coefficient (Wildman–Crippen LogP) is 3.71. The number of amides is 1. The average Bonchev–Trinajstić information content (AvgIpc) is 3.17. The van der Waals surface area contributed by atoms with Gasteiger partial charge in [0.2, 0.25) is 0 Å². The number of anilines is 1. The zero-order valence-corrected chi connectivity index (χ0v) is 15.7.